The molecule has 128 valence electrons. The maximum absolute atomic E-state index is 12.5. The number of ether oxygens (including phenoxy) is 1. The number of hydrogen-bond donors (Lipinski definition) is 1. The molecule has 1 heterocycles. The second-order valence-corrected chi connectivity index (χ2v) is 5.62. The summed E-state index contributed by atoms with van der Waals surface area (Å²) in [6.07, 6.45) is 2.68. The summed E-state index contributed by atoms with van der Waals surface area (Å²) in [5.41, 5.74) is 0.338. The maximum Gasteiger partial charge on any atom is 0.325 e. The standard InChI is InChI=1S/C16H24N2O5/c1-5-23-14(19)9-18(8-11(2)3)16(21)12(4)17-15(20)13-6-7-22-10-13/h6-7,10-12H,5,8-9H2,1-4H3,(H,17,20)/t12-/m0/s1. The Morgan fingerprint density at radius 2 is 2.00 bits per heavy atom. The van der Waals surface area contributed by atoms with Crippen LogP contribution in [-0.2, 0) is 14.3 Å². The van der Waals surface area contributed by atoms with Gasteiger partial charge in [-0.3, -0.25) is 14.4 Å². The van der Waals surface area contributed by atoms with Crippen molar-refractivity contribution in [2.24, 2.45) is 5.92 Å². The Kier molecular flexibility index (Phi) is 7.31. The molecule has 0 aliphatic rings. The van der Waals surface area contributed by atoms with Gasteiger partial charge in [0.15, 0.2) is 0 Å². The molecule has 0 saturated carbocycles. The van der Waals surface area contributed by atoms with Gasteiger partial charge in [-0.2, -0.15) is 0 Å². The first-order valence-corrected chi connectivity index (χ1v) is 7.62. The minimum Gasteiger partial charge on any atom is -0.472 e. The van der Waals surface area contributed by atoms with E-state index in [0.29, 0.717) is 12.1 Å². The van der Waals surface area contributed by atoms with Crippen LogP contribution in [0.5, 0.6) is 0 Å². The SMILES string of the molecule is CCOC(=O)CN(CC(C)C)C(=O)[C@H](C)NC(=O)c1ccoc1. The molecule has 7 heteroatoms. The Balaban J connectivity index is 2.70. The smallest absolute Gasteiger partial charge is 0.325 e. The van der Waals surface area contributed by atoms with Gasteiger partial charge in [-0.25, -0.2) is 0 Å². The Morgan fingerprint density at radius 3 is 2.52 bits per heavy atom. The summed E-state index contributed by atoms with van der Waals surface area (Å²) in [7, 11) is 0. The van der Waals surface area contributed by atoms with Gasteiger partial charge < -0.3 is 19.4 Å². The van der Waals surface area contributed by atoms with Crippen molar-refractivity contribution in [2.75, 3.05) is 19.7 Å². The summed E-state index contributed by atoms with van der Waals surface area (Å²) < 4.78 is 9.73. The number of furan rings is 1. The molecular formula is C16H24N2O5. The predicted octanol–water partition coefficient (Wildman–Crippen LogP) is 1.45. The van der Waals surface area contributed by atoms with Crippen LogP contribution < -0.4 is 5.32 Å². The molecule has 0 unspecified atom stereocenters. The number of nitrogens with zero attached hydrogens (tertiary/aromatic N) is 1. The minimum atomic E-state index is -0.759. The number of carbonyl (C=O) groups is 3. The monoisotopic (exact) mass is 324 g/mol. The van der Waals surface area contributed by atoms with E-state index in [1.165, 1.54) is 23.5 Å². The number of esters is 1. The average Bonchev–Trinajstić information content (AvgIpc) is 2.99. The Bertz CT molecular complexity index is 525. The van der Waals surface area contributed by atoms with Crippen LogP contribution in [0.15, 0.2) is 23.0 Å². The molecule has 1 aromatic rings. The summed E-state index contributed by atoms with van der Waals surface area (Å²) in [5, 5.41) is 2.60. The van der Waals surface area contributed by atoms with Crippen LogP contribution in [0.1, 0.15) is 38.1 Å². The molecule has 0 bridgehead atoms. The van der Waals surface area contributed by atoms with E-state index >= 15 is 0 Å². The number of nitrogens with one attached hydrogen (secondary N) is 1. The topological polar surface area (TPSA) is 88.9 Å². The minimum absolute atomic E-state index is 0.128. The summed E-state index contributed by atoms with van der Waals surface area (Å²) in [4.78, 5) is 37.5. The van der Waals surface area contributed by atoms with Crippen molar-refractivity contribution >= 4 is 17.8 Å². The normalized spacial score (nSPS) is 11.9. The molecule has 23 heavy (non-hydrogen) atoms. The van der Waals surface area contributed by atoms with Crippen molar-refractivity contribution < 1.29 is 23.5 Å². The molecule has 0 aliphatic carbocycles. The quantitative estimate of drug-likeness (QED) is 0.731. The van der Waals surface area contributed by atoms with Crippen LogP contribution in [-0.4, -0.2) is 48.4 Å². The zero-order chi connectivity index (χ0) is 17.4. The predicted molar refractivity (Wildman–Crippen MR) is 83.7 cm³/mol. The molecule has 1 atom stereocenters. The van der Waals surface area contributed by atoms with Gasteiger partial charge in [-0.1, -0.05) is 13.8 Å². The largest absolute Gasteiger partial charge is 0.472 e. The molecule has 0 fully saturated rings. The molecule has 0 spiro atoms. The number of carbonyl (C=O) groups excluding carboxylic acids is 3. The third kappa shape index (κ3) is 6.14. The van der Waals surface area contributed by atoms with Crippen LogP contribution in [0.3, 0.4) is 0 Å². The molecule has 1 N–H and O–H groups in total. The Labute approximate surface area is 136 Å². The van der Waals surface area contributed by atoms with Crippen molar-refractivity contribution in [2.45, 2.75) is 33.7 Å². The molecule has 0 radical (unpaired) electrons. The molecule has 1 rings (SSSR count). The molecular weight excluding hydrogens is 300 g/mol. The molecule has 0 aromatic carbocycles. The van der Waals surface area contributed by atoms with Gasteiger partial charge in [0.2, 0.25) is 5.91 Å². The van der Waals surface area contributed by atoms with Gasteiger partial charge in [0.25, 0.3) is 5.91 Å². The van der Waals surface area contributed by atoms with Gasteiger partial charge in [0.1, 0.15) is 18.8 Å². The van der Waals surface area contributed by atoms with Crippen molar-refractivity contribution in [1.29, 1.82) is 0 Å². The first-order chi connectivity index (χ1) is 10.8. The first kappa shape index (κ1) is 18.7. The van der Waals surface area contributed by atoms with Crippen LogP contribution in [0, 0.1) is 5.92 Å². The summed E-state index contributed by atoms with van der Waals surface area (Å²) in [6.45, 7) is 7.72. The number of rotatable bonds is 8. The zero-order valence-electron chi connectivity index (χ0n) is 14.0. The maximum atomic E-state index is 12.5. The average molecular weight is 324 g/mol. The highest BCUT2D eigenvalue weighted by atomic mass is 16.5. The second-order valence-electron chi connectivity index (χ2n) is 5.62. The third-order valence-electron chi connectivity index (χ3n) is 3.02. The highest BCUT2D eigenvalue weighted by molar-refractivity contribution is 5.97. The summed E-state index contributed by atoms with van der Waals surface area (Å²) in [5.74, 6) is -1.01. The van der Waals surface area contributed by atoms with E-state index in [-0.39, 0.29) is 25.0 Å². The second kappa shape index (κ2) is 8.97. The van der Waals surface area contributed by atoms with Crippen LogP contribution in [0.4, 0.5) is 0 Å². The van der Waals surface area contributed by atoms with E-state index in [1.807, 2.05) is 13.8 Å². The Morgan fingerprint density at radius 1 is 1.30 bits per heavy atom. The molecule has 0 aliphatic heterocycles. The first-order valence-electron chi connectivity index (χ1n) is 7.62. The van der Waals surface area contributed by atoms with E-state index in [1.54, 1.807) is 13.8 Å². The van der Waals surface area contributed by atoms with Crippen molar-refractivity contribution in [1.82, 2.24) is 10.2 Å². The fourth-order valence-electron chi connectivity index (χ4n) is 2.04. The highest BCUT2D eigenvalue weighted by Gasteiger charge is 2.25. The number of amides is 2. The van der Waals surface area contributed by atoms with Gasteiger partial charge in [0.05, 0.1) is 18.4 Å². The lowest BCUT2D eigenvalue weighted by molar-refractivity contribution is -0.149. The van der Waals surface area contributed by atoms with Crippen molar-refractivity contribution in [3.63, 3.8) is 0 Å². The van der Waals surface area contributed by atoms with Crippen molar-refractivity contribution in [3.05, 3.63) is 24.2 Å². The fraction of sp³-hybridized carbons (Fsp3) is 0.562. The lowest BCUT2D eigenvalue weighted by Crippen LogP contribution is -2.49. The molecule has 0 saturated heterocycles. The number of hydrogen-bond acceptors (Lipinski definition) is 5. The van der Waals surface area contributed by atoms with E-state index in [0.717, 1.165) is 0 Å². The van der Waals surface area contributed by atoms with Gasteiger partial charge in [0, 0.05) is 6.54 Å². The molecule has 7 nitrogen and oxygen atoms in total. The van der Waals surface area contributed by atoms with Crippen LogP contribution in [0.25, 0.3) is 0 Å². The van der Waals surface area contributed by atoms with E-state index in [4.69, 9.17) is 9.15 Å². The third-order valence-corrected chi connectivity index (χ3v) is 3.02. The van der Waals surface area contributed by atoms with E-state index in [2.05, 4.69) is 5.32 Å². The van der Waals surface area contributed by atoms with Gasteiger partial charge >= 0.3 is 5.97 Å². The molecule has 2 amide bonds. The van der Waals surface area contributed by atoms with E-state index in [9.17, 15) is 14.4 Å². The fourth-order valence-corrected chi connectivity index (χ4v) is 2.04. The zero-order valence-corrected chi connectivity index (χ0v) is 14.0. The lowest BCUT2D eigenvalue weighted by Gasteiger charge is -2.26. The van der Waals surface area contributed by atoms with Gasteiger partial charge in [-0.15, -0.1) is 0 Å². The van der Waals surface area contributed by atoms with Crippen molar-refractivity contribution in [3.8, 4) is 0 Å². The lowest BCUT2D eigenvalue weighted by atomic mass is 10.1. The Hall–Kier alpha value is -2.31. The summed E-state index contributed by atoms with van der Waals surface area (Å²) in [6, 6.07) is 0.752. The summed E-state index contributed by atoms with van der Waals surface area (Å²) >= 11 is 0. The van der Waals surface area contributed by atoms with E-state index < -0.39 is 17.9 Å². The van der Waals surface area contributed by atoms with Crippen LogP contribution in [0.2, 0.25) is 0 Å². The van der Waals surface area contributed by atoms with Crippen LogP contribution >= 0.6 is 0 Å². The van der Waals surface area contributed by atoms with Gasteiger partial charge in [-0.05, 0) is 25.8 Å². The molecule has 1 aromatic heterocycles. The highest BCUT2D eigenvalue weighted by Crippen LogP contribution is 2.05.